The van der Waals surface area contributed by atoms with E-state index in [1.807, 2.05) is 31.2 Å². The molecule has 0 saturated heterocycles. The molecule has 0 aliphatic heterocycles. The molecule has 0 aliphatic carbocycles. The molecule has 3 aromatic rings. The number of nitrogens with zero attached hydrogens (tertiary/aromatic N) is 4. The highest BCUT2D eigenvalue weighted by Crippen LogP contribution is 2.06. The second-order valence-electron chi connectivity index (χ2n) is 6.26. The lowest BCUT2D eigenvalue weighted by molar-refractivity contribution is 0.0944. The van der Waals surface area contributed by atoms with Gasteiger partial charge in [-0.3, -0.25) is 19.1 Å². The van der Waals surface area contributed by atoms with Gasteiger partial charge in [0.25, 0.3) is 11.5 Å². The topological polar surface area (TPSA) is 98.9 Å². The number of amides is 1. The molecule has 8 heteroatoms. The summed E-state index contributed by atoms with van der Waals surface area (Å²) in [6, 6.07) is 12.7. The molecule has 0 atom stereocenters. The highest BCUT2D eigenvalue weighted by Gasteiger charge is 2.19. The van der Waals surface area contributed by atoms with Crippen molar-refractivity contribution in [2.75, 3.05) is 6.54 Å². The number of pyridine rings is 1. The van der Waals surface area contributed by atoms with Crippen LogP contribution in [0, 0.1) is 6.92 Å². The molecule has 0 spiro atoms. The van der Waals surface area contributed by atoms with Gasteiger partial charge in [-0.1, -0.05) is 18.2 Å². The molecular formula is C20H21N5O3. The summed E-state index contributed by atoms with van der Waals surface area (Å²) in [7, 11) is 0. The van der Waals surface area contributed by atoms with E-state index < -0.39 is 17.2 Å². The molecule has 0 saturated carbocycles. The van der Waals surface area contributed by atoms with Gasteiger partial charge < -0.3 is 5.32 Å². The van der Waals surface area contributed by atoms with Crippen LogP contribution in [0.1, 0.15) is 28.7 Å². The third-order valence-electron chi connectivity index (χ3n) is 4.23. The van der Waals surface area contributed by atoms with E-state index in [0.29, 0.717) is 18.7 Å². The monoisotopic (exact) mass is 379 g/mol. The van der Waals surface area contributed by atoms with Crippen molar-refractivity contribution in [3.8, 4) is 5.69 Å². The molecule has 1 amide bonds. The molecular weight excluding hydrogens is 358 g/mol. The maximum absolute atomic E-state index is 12.6. The number of hydrogen-bond acceptors (Lipinski definition) is 5. The van der Waals surface area contributed by atoms with Crippen LogP contribution in [0.4, 0.5) is 0 Å². The normalized spacial score (nSPS) is 10.6. The van der Waals surface area contributed by atoms with Crippen molar-refractivity contribution in [3.05, 3.63) is 86.5 Å². The van der Waals surface area contributed by atoms with E-state index in [2.05, 4.69) is 15.4 Å². The van der Waals surface area contributed by atoms with Crippen LogP contribution in [0.25, 0.3) is 5.69 Å². The van der Waals surface area contributed by atoms with Crippen LogP contribution >= 0.6 is 0 Å². The van der Waals surface area contributed by atoms with Crippen molar-refractivity contribution in [1.29, 1.82) is 0 Å². The number of aromatic nitrogens is 4. The second-order valence-corrected chi connectivity index (χ2v) is 6.26. The third kappa shape index (κ3) is 4.06. The Morgan fingerprint density at radius 3 is 2.64 bits per heavy atom. The number of carbonyl (C=O) groups is 1. The zero-order valence-electron chi connectivity index (χ0n) is 15.8. The Labute approximate surface area is 161 Å². The third-order valence-corrected chi connectivity index (χ3v) is 4.23. The SMILES string of the molecule is CCn1c(=O)c(C(=O)NCCc2ccccn2)nn(-c2cccc(C)c2)c1=O. The number of aryl methyl sites for hydroxylation is 1. The largest absolute Gasteiger partial charge is 0.352 e. The summed E-state index contributed by atoms with van der Waals surface area (Å²) in [4.78, 5) is 41.9. The van der Waals surface area contributed by atoms with E-state index in [1.54, 1.807) is 31.3 Å². The molecule has 2 aromatic heterocycles. The van der Waals surface area contributed by atoms with Gasteiger partial charge in [-0.25, -0.2) is 4.79 Å². The first kappa shape index (κ1) is 19.2. The first-order valence-corrected chi connectivity index (χ1v) is 9.00. The lowest BCUT2D eigenvalue weighted by Gasteiger charge is -2.11. The lowest BCUT2D eigenvalue weighted by atomic mass is 10.2. The Kier molecular flexibility index (Phi) is 5.78. The maximum Gasteiger partial charge on any atom is 0.352 e. The van der Waals surface area contributed by atoms with E-state index in [9.17, 15) is 14.4 Å². The van der Waals surface area contributed by atoms with Crippen molar-refractivity contribution in [2.24, 2.45) is 0 Å². The Hall–Kier alpha value is -3.55. The fourth-order valence-corrected chi connectivity index (χ4v) is 2.80. The molecule has 0 aliphatic rings. The molecule has 0 radical (unpaired) electrons. The summed E-state index contributed by atoms with van der Waals surface area (Å²) in [5, 5.41) is 6.74. The molecule has 144 valence electrons. The van der Waals surface area contributed by atoms with Crippen LogP contribution < -0.4 is 16.6 Å². The summed E-state index contributed by atoms with van der Waals surface area (Å²) in [5.74, 6) is -0.621. The van der Waals surface area contributed by atoms with Gasteiger partial charge in [0.05, 0.1) is 5.69 Å². The van der Waals surface area contributed by atoms with Gasteiger partial charge in [0.2, 0.25) is 5.69 Å². The molecule has 0 unspecified atom stereocenters. The van der Waals surface area contributed by atoms with Gasteiger partial charge in [-0.15, -0.1) is 0 Å². The highest BCUT2D eigenvalue weighted by atomic mass is 16.2. The number of hydrogen-bond donors (Lipinski definition) is 1. The first-order chi connectivity index (χ1) is 13.5. The van der Waals surface area contributed by atoms with E-state index in [0.717, 1.165) is 20.5 Å². The zero-order valence-corrected chi connectivity index (χ0v) is 15.8. The number of nitrogens with one attached hydrogen (secondary N) is 1. The Balaban J connectivity index is 1.91. The molecule has 1 aromatic carbocycles. The van der Waals surface area contributed by atoms with Crippen LogP contribution in [0.2, 0.25) is 0 Å². The summed E-state index contributed by atoms with van der Waals surface area (Å²) in [6.07, 6.45) is 2.20. The Morgan fingerprint density at radius 1 is 1.14 bits per heavy atom. The summed E-state index contributed by atoms with van der Waals surface area (Å²) >= 11 is 0. The average Bonchev–Trinajstić information content (AvgIpc) is 2.69. The van der Waals surface area contributed by atoms with Crippen molar-refractivity contribution in [1.82, 2.24) is 24.6 Å². The molecule has 28 heavy (non-hydrogen) atoms. The minimum absolute atomic E-state index is 0.139. The van der Waals surface area contributed by atoms with Crippen molar-refractivity contribution < 1.29 is 4.79 Å². The van der Waals surface area contributed by atoms with Gasteiger partial charge in [-0.2, -0.15) is 9.78 Å². The van der Waals surface area contributed by atoms with E-state index in [1.165, 1.54) is 0 Å². The maximum atomic E-state index is 12.6. The van der Waals surface area contributed by atoms with Gasteiger partial charge in [0, 0.05) is 31.4 Å². The van der Waals surface area contributed by atoms with E-state index in [-0.39, 0.29) is 12.2 Å². The molecule has 0 bridgehead atoms. The molecule has 0 fully saturated rings. The first-order valence-electron chi connectivity index (χ1n) is 9.00. The smallest absolute Gasteiger partial charge is 0.350 e. The van der Waals surface area contributed by atoms with Crippen LogP contribution in [0.5, 0.6) is 0 Å². The Morgan fingerprint density at radius 2 is 1.96 bits per heavy atom. The number of rotatable bonds is 6. The van der Waals surface area contributed by atoms with Crippen LogP contribution in [0.15, 0.2) is 58.3 Å². The summed E-state index contributed by atoms with van der Waals surface area (Å²) in [5.41, 5.74) is 0.654. The predicted molar refractivity (Wildman–Crippen MR) is 105 cm³/mol. The molecule has 1 N–H and O–H groups in total. The number of benzene rings is 1. The molecule has 2 heterocycles. The summed E-state index contributed by atoms with van der Waals surface area (Å²) in [6.45, 7) is 3.99. The van der Waals surface area contributed by atoms with E-state index in [4.69, 9.17) is 0 Å². The van der Waals surface area contributed by atoms with Crippen molar-refractivity contribution in [3.63, 3.8) is 0 Å². The van der Waals surface area contributed by atoms with Gasteiger partial charge in [0.15, 0.2) is 0 Å². The van der Waals surface area contributed by atoms with E-state index >= 15 is 0 Å². The van der Waals surface area contributed by atoms with Crippen LogP contribution in [-0.4, -0.2) is 31.8 Å². The minimum Gasteiger partial charge on any atom is -0.350 e. The Bertz CT molecular complexity index is 1100. The second kappa shape index (κ2) is 8.43. The number of carbonyl (C=O) groups excluding carboxylic acids is 1. The summed E-state index contributed by atoms with van der Waals surface area (Å²) < 4.78 is 2.09. The zero-order chi connectivity index (χ0) is 20.1. The van der Waals surface area contributed by atoms with Gasteiger partial charge in [-0.05, 0) is 43.7 Å². The average molecular weight is 379 g/mol. The van der Waals surface area contributed by atoms with Gasteiger partial charge in [0.1, 0.15) is 0 Å². The lowest BCUT2D eigenvalue weighted by Crippen LogP contribution is -2.45. The minimum atomic E-state index is -0.702. The van der Waals surface area contributed by atoms with Crippen LogP contribution in [0.3, 0.4) is 0 Å². The van der Waals surface area contributed by atoms with Gasteiger partial charge >= 0.3 is 5.69 Å². The fourth-order valence-electron chi connectivity index (χ4n) is 2.80. The quantitative estimate of drug-likeness (QED) is 0.691. The van der Waals surface area contributed by atoms with Crippen molar-refractivity contribution in [2.45, 2.75) is 26.8 Å². The molecule has 8 nitrogen and oxygen atoms in total. The van der Waals surface area contributed by atoms with Crippen molar-refractivity contribution >= 4 is 5.91 Å². The predicted octanol–water partition coefficient (Wildman–Crippen LogP) is 1.09. The highest BCUT2D eigenvalue weighted by molar-refractivity contribution is 5.91. The molecule has 3 rings (SSSR count). The standard InChI is InChI=1S/C20H21N5O3/c1-3-24-19(27)17(18(26)22-12-10-15-8-4-5-11-21-15)23-25(20(24)28)16-9-6-7-14(2)13-16/h4-9,11,13H,3,10,12H2,1-2H3,(H,22,26). The van der Waals surface area contributed by atoms with Crippen LogP contribution in [-0.2, 0) is 13.0 Å². The fraction of sp³-hybridized carbons (Fsp3) is 0.250.